The number of nitrogens with two attached hydrogens (primary N) is 1. The van der Waals surface area contributed by atoms with E-state index in [1.807, 2.05) is 0 Å². The second-order valence-electron chi connectivity index (χ2n) is 4.48. The molecule has 0 atom stereocenters. The van der Waals surface area contributed by atoms with Crippen molar-refractivity contribution in [1.82, 2.24) is 0 Å². The summed E-state index contributed by atoms with van der Waals surface area (Å²) in [6.07, 6.45) is 2.03. The molecule has 0 unspecified atom stereocenters. The molecule has 3 heteroatoms. The zero-order valence-electron chi connectivity index (χ0n) is 9.97. The summed E-state index contributed by atoms with van der Waals surface area (Å²) in [5, 5.41) is 0. The number of aliphatic imine (C=N–C) groups is 1. The molecule has 0 saturated heterocycles. The Morgan fingerprint density at radius 1 is 1.29 bits per heavy atom. The average Bonchev–Trinajstić information content (AvgIpc) is 2.09. The molecule has 84 valence electrons. The first kappa shape index (κ1) is 13.4. The highest BCUT2D eigenvalue weighted by atomic mass is 16.5. The fourth-order valence-electron chi connectivity index (χ4n) is 0.850. The van der Waals surface area contributed by atoms with Crippen LogP contribution in [0.1, 0.15) is 40.5 Å². The Morgan fingerprint density at radius 3 is 2.43 bits per heavy atom. The summed E-state index contributed by atoms with van der Waals surface area (Å²) < 4.78 is 5.34. The smallest absolute Gasteiger partial charge is 0.0991 e. The van der Waals surface area contributed by atoms with Gasteiger partial charge in [-0.25, -0.2) is 0 Å². The summed E-state index contributed by atoms with van der Waals surface area (Å²) in [7, 11) is 0. The largest absolute Gasteiger partial charge is 0.387 e. The molecule has 0 aromatic rings. The molecule has 0 saturated carbocycles. The number of ether oxygens (including phenoxy) is 1. The zero-order chi connectivity index (χ0) is 11.0. The highest BCUT2D eigenvalue weighted by Gasteiger charge is 2.14. The van der Waals surface area contributed by atoms with Gasteiger partial charge in [0, 0.05) is 25.2 Å². The number of hydrogen-bond acceptors (Lipinski definition) is 2. The Balaban J connectivity index is 3.52. The van der Waals surface area contributed by atoms with Gasteiger partial charge in [0.25, 0.3) is 0 Å². The maximum absolute atomic E-state index is 5.80. The van der Waals surface area contributed by atoms with E-state index in [0.717, 1.165) is 38.4 Å². The van der Waals surface area contributed by atoms with E-state index in [2.05, 4.69) is 32.7 Å². The molecule has 0 radical (unpaired) electrons. The van der Waals surface area contributed by atoms with Crippen LogP contribution in [0.25, 0.3) is 0 Å². The van der Waals surface area contributed by atoms with E-state index in [-0.39, 0.29) is 5.41 Å². The summed E-state index contributed by atoms with van der Waals surface area (Å²) in [6.45, 7) is 10.7. The van der Waals surface area contributed by atoms with Gasteiger partial charge < -0.3 is 10.5 Å². The molecule has 0 spiro atoms. The molecule has 14 heavy (non-hydrogen) atoms. The third-order valence-corrected chi connectivity index (χ3v) is 1.85. The first-order valence-corrected chi connectivity index (χ1v) is 5.36. The van der Waals surface area contributed by atoms with Gasteiger partial charge in [0.05, 0.1) is 5.84 Å². The van der Waals surface area contributed by atoms with Crippen LogP contribution in [0.15, 0.2) is 4.99 Å². The van der Waals surface area contributed by atoms with Gasteiger partial charge in [0.15, 0.2) is 0 Å². The Kier molecular flexibility index (Phi) is 6.54. The van der Waals surface area contributed by atoms with Crippen LogP contribution < -0.4 is 5.73 Å². The van der Waals surface area contributed by atoms with Gasteiger partial charge in [0.2, 0.25) is 0 Å². The molecular weight excluding hydrogens is 176 g/mol. The molecule has 0 amide bonds. The summed E-state index contributed by atoms with van der Waals surface area (Å²) in [5.41, 5.74) is 5.79. The number of nitrogens with zero attached hydrogens (tertiary/aromatic N) is 1. The normalized spacial score (nSPS) is 13.3. The molecule has 0 aromatic heterocycles. The van der Waals surface area contributed by atoms with E-state index in [1.54, 1.807) is 0 Å². The molecule has 0 rings (SSSR count). The SMILES string of the molecule is CCCOCCCN=C(N)C(C)(C)C. The van der Waals surface area contributed by atoms with E-state index < -0.39 is 0 Å². The number of rotatable bonds is 6. The summed E-state index contributed by atoms with van der Waals surface area (Å²) >= 11 is 0. The monoisotopic (exact) mass is 200 g/mol. The third kappa shape index (κ3) is 6.89. The van der Waals surface area contributed by atoms with Crippen molar-refractivity contribution < 1.29 is 4.74 Å². The minimum absolute atomic E-state index is 0.00965. The van der Waals surface area contributed by atoms with Gasteiger partial charge >= 0.3 is 0 Å². The maximum Gasteiger partial charge on any atom is 0.0991 e. The van der Waals surface area contributed by atoms with Crippen molar-refractivity contribution in [3.8, 4) is 0 Å². The van der Waals surface area contributed by atoms with Crippen LogP contribution >= 0.6 is 0 Å². The summed E-state index contributed by atoms with van der Waals surface area (Å²) in [6, 6.07) is 0. The van der Waals surface area contributed by atoms with Gasteiger partial charge in [0.1, 0.15) is 0 Å². The van der Waals surface area contributed by atoms with Crippen molar-refractivity contribution in [2.24, 2.45) is 16.1 Å². The topological polar surface area (TPSA) is 47.6 Å². The van der Waals surface area contributed by atoms with Crippen molar-refractivity contribution in [1.29, 1.82) is 0 Å². The molecule has 0 heterocycles. The zero-order valence-corrected chi connectivity index (χ0v) is 9.97. The van der Waals surface area contributed by atoms with Crippen LogP contribution in [0.3, 0.4) is 0 Å². The maximum atomic E-state index is 5.80. The van der Waals surface area contributed by atoms with E-state index in [9.17, 15) is 0 Å². The lowest BCUT2D eigenvalue weighted by atomic mass is 9.95. The van der Waals surface area contributed by atoms with E-state index in [4.69, 9.17) is 10.5 Å². The first-order chi connectivity index (χ1) is 6.48. The minimum atomic E-state index is -0.00965. The second-order valence-corrected chi connectivity index (χ2v) is 4.48. The minimum Gasteiger partial charge on any atom is -0.387 e. The van der Waals surface area contributed by atoms with Crippen LogP contribution in [0.5, 0.6) is 0 Å². The van der Waals surface area contributed by atoms with Gasteiger partial charge in [-0.2, -0.15) is 0 Å². The molecule has 0 bridgehead atoms. The Labute approximate surface area is 87.7 Å². The van der Waals surface area contributed by atoms with Crippen molar-refractivity contribution >= 4 is 5.84 Å². The Bertz CT molecular complexity index is 171. The summed E-state index contributed by atoms with van der Waals surface area (Å²) in [4.78, 5) is 4.31. The quantitative estimate of drug-likeness (QED) is 0.406. The van der Waals surface area contributed by atoms with Crippen LogP contribution in [0.4, 0.5) is 0 Å². The van der Waals surface area contributed by atoms with E-state index in [0.29, 0.717) is 0 Å². The van der Waals surface area contributed by atoms with Gasteiger partial charge in [-0.1, -0.05) is 27.7 Å². The summed E-state index contributed by atoms with van der Waals surface area (Å²) in [5.74, 6) is 0.730. The molecule has 0 fully saturated rings. The number of hydrogen-bond donors (Lipinski definition) is 1. The van der Waals surface area contributed by atoms with Crippen LogP contribution in [-0.4, -0.2) is 25.6 Å². The number of amidine groups is 1. The van der Waals surface area contributed by atoms with E-state index in [1.165, 1.54) is 0 Å². The molecule has 0 aliphatic rings. The second kappa shape index (κ2) is 6.82. The van der Waals surface area contributed by atoms with Gasteiger partial charge in [-0.05, 0) is 12.8 Å². The van der Waals surface area contributed by atoms with Crippen LogP contribution in [0, 0.1) is 5.41 Å². The molecule has 3 nitrogen and oxygen atoms in total. The van der Waals surface area contributed by atoms with Gasteiger partial charge in [-0.15, -0.1) is 0 Å². The molecule has 0 aliphatic heterocycles. The van der Waals surface area contributed by atoms with Crippen LogP contribution in [0.2, 0.25) is 0 Å². The first-order valence-electron chi connectivity index (χ1n) is 5.36. The predicted molar refractivity (Wildman–Crippen MR) is 61.7 cm³/mol. The predicted octanol–water partition coefficient (Wildman–Crippen LogP) is 2.21. The molecule has 0 aromatic carbocycles. The lowest BCUT2D eigenvalue weighted by Crippen LogP contribution is -2.29. The van der Waals surface area contributed by atoms with Crippen molar-refractivity contribution in [2.45, 2.75) is 40.5 Å². The van der Waals surface area contributed by atoms with Crippen LogP contribution in [-0.2, 0) is 4.74 Å². The highest BCUT2D eigenvalue weighted by molar-refractivity contribution is 5.85. The van der Waals surface area contributed by atoms with Crippen molar-refractivity contribution in [3.63, 3.8) is 0 Å². The Morgan fingerprint density at radius 2 is 1.93 bits per heavy atom. The van der Waals surface area contributed by atoms with Crippen molar-refractivity contribution in [2.75, 3.05) is 19.8 Å². The molecule has 2 N–H and O–H groups in total. The fourth-order valence-corrected chi connectivity index (χ4v) is 0.850. The highest BCUT2D eigenvalue weighted by Crippen LogP contribution is 2.12. The third-order valence-electron chi connectivity index (χ3n) is 1.85. The lowest BCUT2D eigenvalue weighted by molar-refractivity contribution is 0.134. The van der Waals surface area contributed by atoms with Crippen molar-refractivity contribution in [3.05, 3.63) is 0 Å². The molecular formula is C11H24N2O. The standard InChI is InChI=1S/C11H24N2O/c1-5-8-14-9-6-7-13-10(12)11(2,3)4/h5-9H2,1-4H3,(H2,12,13). The lowest BCUT2D eigenvalue weighted by Gasteiger charge is -2.17. The average molecular weight is 200 g/mol. The van der Waals surface area contributed by atoms with E-state index >= 15 is 0 Å². The van der Waals surface area contributed by atoms with Gasteiger partial charge in [-0.3, -0.25) is 4.99 Å². The Hall–Kier alpha value is -0.570. The fraction of sp³-hybridized carbons (Fsp3) is 0.909. The molecule has 0 aliphatic carbocycles.